The van der Waals surface area contributed by atoms with Gasteiger partial charge in [-0.25, -0.2) is 4.39 Å². The van der Waals surface area contributed by atoms with Crippen LogP contribution >= 0.6 is 0 Å². The van der Waals surface area contributed by atoms with Gasteiger partial charge in [-0.15, -0.1) is 0 Å². The van der Waals surface area contributed by atoms with Crippen molar-refractivity contribution in [3.05, 3.63) is 89.6 Å². The molecule has 0 radical (unpaired) electrons. The molecule has 3 aromatic rings. The molecule has 0 aliphatic rings. The van der Waals surface area contributed by atoms with Gasteiger partial charge in [-0.1, -0.05) is 30.3 Å². The minimum absolute atomic E-state index is 0.159. The maximum absolute atomic E-state index is 12.9. The Bertz CT molecular complexity index is 862. The first-order valence-electron chi connectivity index (χ1n) is 9.07. The number of ether oxygens (including phenoxy) is 2. The topological polar surface area (TPSA) is 60.7 Å². The summed E-state index contributed by atoms with van der Waals surface area (Å²) in [5, 5.41) is 2.80. The van der Waals surface area contributed by atoms with E-state index in [9.17, 15) is 9.18 Å². The van der Waals surface area contributed by atoms with Crippen molar-refractivity contribution in [2.24, 2.45) is 0 Å². The van der Waals surface area contributed by atoms with Crippen LogP contribution in [0.5, 0.6) is 5.75 Å². The van der Waals surface area contributed by atoms with Crippen molar-refractivity contribution in [1.29, 1.82) is 0 Å². The van der Waals surface area contributed by atoms with Crippen LogP contribution in [0.15, 0.2) is 71.1 Å². The van der Waals surface area contributed by atoms with E-state index in [4.69, 9.17) is 13.9 Å². The molecule has 28 heavy (non-hydrogen) atoms. The summed E-state index contributed by atoms with van der Waals surface area (Å²) in [6.07, 6.45) is 0.708. The normalized spacial score (nSPS) is 10.6. The molecule has 0 unspecified atom stereocenters. The molecule has 0 atom stereocenters. The molecule has 3 rings (SSSR count). The third-order valence-corrected chi connectivity index (χ3v) is 3.94. The Hall–Kier alpha value is -3.12. The van der Waals surface area contributed by atoms with E-state index in [1.165, 1.54) is 24.3 Å². The molecule has 0 spiro atoms. The lowest BCUT2D eigenvalue weighted by Crippen LogP contribution is -2.24. The summed E-state index contributed by atoms with van der Waals surface area (Å²) in [7, 11) is 0. The van der Waals surface area contributed by atoms with Gasteiger partial charge in [0, 0.05) is 13.2 Å². The number of halogens is 1. The van der Waals surface area contributed by atoms with E-state index in [0.29, 0.717) is 37.7 Å². The molecule has 1 amide bonds. The van der Waals surface area contributed by atoms with Gasteiger partial charge in [0.15, 0.2) is 5.76 Å². The summed E-state index contributed by atoms with van der Waals surface area (Å²) in [4.78, 5) is 12.1. The highest BCUT2D eigenvalue weighted by Gasteiger charge is 2.11. The van der Waals surface area contributed by atoms with Gasteiger partial charge < -0.3 is 19.2 Å². The van der Waals surface area contributed by atoms with Crippen LogP contribution in [0.3, 0.4) is 0 Å². The molecule has 1 heterocycles. The molecule has 0 saturated carbocycles. The molecule has 0 bridgehead atoms. The van der Waals surface area contributed by atoms with Gasteiger partial charge in [0.2, 0.25) is 0 Å². The van der Waals surface area contributed by atoms with Crippen LogP contribution in [0.25, 0.3) is 0 Å². The summed E-state index contributed by atoms with van der Waals surface area (Å²) in [5.41, 5.74) is 1.12. The van der Waals surface area contributed by atoms with E-state index in [0.717, 1.165) is 5.56 Å². The summed E-state index contributed by atoms with van der Waals surface area (Å²) in [5.74, 6) is 0.661. The lowest BCUT2D eigenvalue weighted by Gasteiger charge is -2.06. The number of amides is 1. The fourth-order valence-electron chi connectivity index (χ4n) is 2.49. The molecule has 0 saturated heterocycles. The quantitative estimate of drug-likeness (QED) is 0.529. The van der Waals surface area contributed by atoms with Crippen LogP contribution in [0.4, 0.5) is 4.39 Å². The molecule has 0 aliphatic heterocycles. The third kappa shape index (κ3) is 6.25. The number of carbonyl (C=O) groups is 1. The fraction of sp³-hybridized carbons (Fsp3) is 0.227. The Balaban J connectivity index is 1.33. The first-order valence-corrected chi connectivity index (χ1v) is 9.07. The number of benzene rings is 2. The molecular weight excluding hydrogens is 361 g/mol. The first kappa shape index (κ1) is 19.6. The minimum Gasteiger partial charge on any atom is -0.486 e. The van der Waals surface area contributed by atoms with Crippen molar-refractivity contribution in [2.45, 2.75) is 19.6 Å². The molecule has 6 heteroatoms. The van der Waals surface area contributed by atoms with Gasteiger partial charge >= 0.3 is 0 Å². The predicted molar refractivity (Wildman–Crippen MR) is 102 cm³/mol. The van der Waals surface area contributed by atoms with E-state index >= 15 is 0 Å². The van der Waals surface area contributed by atoms with Crippen molar-refractivity contribution in [2.75, 3.05) is 13.2 Å². The molecule has 2 aromatic carbocycles. The summed E-state index contributed by atoms with van der Waals surface area (Å²) >= 11 is 0. The van der Waals surface area contributed by atoms with Gasteiger partial charge in [0.1, 0.15) is 23.9 Å². The van der Waals surface area contributed by atoms with Gasteiger partial charge in [-0.2, -0.15) is 0 Å². The number of hydrogen-bond acceptors (Lipinski definition) is 4. The van der Waals surface area contributed by atoms with Gasteiger partial charge in [0.25, 0.3) is 5.91 Å². The SMILES string of the molecule is O=C(NCCCOCc1ccccc1)c1ccc(COc2ccc(F)cc2)o1. The average molecular weight is 383 g/mol. The number of nitrogens with one attached hydrogen (secondary N) is 1. The number of furan rings is 1. The Morgan fingerprint density at radius 3 is 2.54 bits per heavy atom. The summed E-state index contributed by atoms with van der Waals surface area (Å²) < 4.78 is 29.4. The third-order valence-electron chi connectivity index (χ3n) is 3.94. The van der Waals surface area contributed by atoms with Crippen molar-refractivity contribution in [3.8, 4) is 5.75 Å². The highest BCUT2D eigenvalue weighted by molar-refractivity contribution is 5.91. The number of rotatable bonds is 10. The van der Waals surface area contributed by atoms with Crippen molar-refractivity contribution in [1.82, 2.24) is 5.32 Å². The van der Waals surface area contributed by atoms with Crippen LogP contribution < -0.4 is 10.1 Å². The molecule has 0 aliphatic carbocycles. The van der Waals surface area contributed by atoms with Crippen molar-refractivity contribution >= 4 is 5.91 Å². The highest BCUT2D eigenvalue weighted by atomic mass is 19.1. The van der Waals surface area contributed by atoms with Crippen molar-refractivity contribution in [3.63, 3.8) is 0 Å². The zero-order valence-electron chi connectivity index (χ0n) is 15.4. The zero-order chi connectivity index (χ0) is 19.6. The van der Waals surface area contributed by atoms with E-state index in [-0.39, 0.29) is 24.1 Å². The molecule has 0 fully saturated rings. The second-order valence-corrected chi connectivity index (χ2v) is 6.16. The molecule has 5 nitrogen and oxygen atoms in total. The molecule has 1 N–H and O–H groups in total. The Labute approximate surface area is 163 Å². The Kier molecular flexibility index (Phi) is 7.21. The number of carbonyl (C=O) groups excluding carboxylic acids is 1. The smallest absolute Gasteiger partial charge is 0.286 e. The zero-order valence-corrected chi connectivity index (χ0v) is 15.4. The van der Waals surface area contributed by atoms with E-state index in [1.807, 2.05) is 30.3 Å². The lowest BCUT2D eigenvalue weighted by atomic mass is 10.2. The van der Waals surface area contributed by atoms with E-state index < -0.39 is 0 Å². The van der Waals surface area contributed by atoms with E-state index in [2.05, 4.69) is 5.32 Å². The van der Waals surface area contributed by atoms with Crippen LogP contribution in [0.1, 0.15) is 28.3 Å². The second kappa shape index (κ2) is 10.3. The molecule has 1 aromatic heterocycles. The van der Waals surface area contributed by atoms with Crippen molar-refractivity contribution < 1.29 is 23.1 Å². The standard InChI is InChI=1S/C22H22FNO4/c23-18-7-9-19(10-8-18)27-16-20-11-12-21(28-20)22(25)24-13-4-14-26-15-17-5-2-1-3-6-17/h1-3,5-12H,4,13-16H2,(H,24,25). The van der Waals surface area contributed by atoms with Gasteiger partial charge in [-0.05, 0) is 48.4 Å². The monoisotopic (exact) mass is 383 g/mol. The fourth-order valence-corrected chi connectivity index (χ4v) is 2.49. The Morgan fingerprint density at radius 1 is 0.964 bits per heavy atom. The predicted octanol–water partition coefficient (Wildman–Crippen LogP) is 4.33. The summed E-state index contributed by atoms with van der Waals surface area (Å²) in [6.45, 7) is 1.77. The molecule has 146 valence electrons. The van der Waals surface area contributed by atoms with Gasteiger partial charge in [0.05, 0.1) is 6.61 Å². The first-order chi connectivity index (χ1) is 13.7. The second-order valence-electron chi connectivity index (χ2n) is 6.16. The maximum Gasteiger partial charge on any atom is 0.286 e. The van der Waals surface area contributed by atoms with Gasteiger partial charge in [-0.3, -0.25) is 4.79 Å². The average Bonchev–Trinajstić information content (AvgIpc) is 3.20. The van der Waals surface area contributed by atoms with Crippen LogP contribution in [-0.4, -0.2) is 19.1 Å². The highest BCUT2D eigenvalue weighted by Crippen LogP contribution is 2.15. The van der Waals surface area contributed by atoms with Crippen LogP contribution in [-0.2, 0) is 18.0 Å². The van der Waals surface area contributed by atoms with E-state index in [1.54, 1.807) is 12.1 Å². The maximum atomic E-state index is 12.9. The summed E-state index contributed by atoms with van der Waals surface area (Å²) in [6, 6.07) is 18.9. The van der Waals surface area contributed by atoms with Crippen LogP contribution in [0.2, 0.25) is 0 Å². The molecular formula is C22H22FNO4. The van der Waals surface area contributed by atoms with Crippen LogP contribution in [0, 0.1) is 5.82 Å². The lowest BCUT2D eigenvalue weighted by molar-refractivity contribution is 0.0904. The Morgan fingerprint density at radius 2 is 1.75 bits per heavy atom. The largest absolute Gasteiger partial charge is 0.486 e. The minimum atomic E-state index is -0.324. The number of hydrogen-bond donors (Lipinski definition) is 1.